The first kappa shape index (κ1) is 17.1. The summed E-state index contributed by atoms with van der Waals surface area (Å²) < 4.78 is 5.51. The quantitative estimate of drug-likeness (QED) is 0.816. The Bertz CT molecular complexity index is 481. The SMILES string of the molecule is C[C@H]1CCN(C(=O)NCCOCc2ccc(Cl)cc2)C[C@H]1O. The van der Waals surface area contributed by atoms with Crippen molar-refractivity contribution in [1.29, 1.82) is 0 Å². The summed E-state index contributed by atoms with van der Waals surface area (Å²) in [4.78, 5) is 13.6. The molecule has 22 heavy (non-hydrogen) atoms. The van der Waals surface area contributed by atoms with Gasteiger partial charge in [0.15, 0.2) is 0 Å². The fourth-order valence-corrected chi connectivity index (χ4v) is 2.47. The van der Waals surface area contributed by atoms with Crippen molar-refractivity contribution in [1.82, 2.24) is 10.2 Å². The Kier molecular flexibility index (Phi) is 6.49. The second kappa shape index (κ2) is 8.36. The van der Waals surface area contributed by atoms with Crippen LogP contribution in [0.25, 0.3) is 0 Å². The van der Waals surface area contributed by atoms with E-state index in [1.54, 1.807) is 4.90 Å². The summed E-state index contributed by atoms with van der Waals surface area (Å²) in [5, 5.41) is 13.3. The lowest BCUT2D eigenvalue weighted by Crippen LogP contribution is -2.50. The van der Waals surface area contributed by atoms with Crippen LogP contribution in [0, 0.1) is 5.92 Å². The van der Waals surface area contributed by atoms with Gasteiger partial charge >= 0.3 is 6.03 Å². The number of nitrogens with one attached hydrogen (secondary N) is 1. The van der Waals surface area contributed by atoms with E-state index in [2.05, 4.69) is 5.32 Å². The predicted octanol–water partition coefficient (Wildman–Crippen LogP) is 2.27. The summed E-state index contributed by atoms with van der Waals surface area (Å²) in [5.74, 6) is 0.256. The molecule has 2 N–H and O–H groups in total. The summed E-state index contributed by atoms with van der Waals surface area (Å²) in [5.41, 5.74) is 1.05. The number of halogens is 1. The molecule has 1 aliphatic rings. The highest BCUT2D eigenvalue weighted by atomic mass is 35.5. The zero-order valence-electron chi connectivity index (χ0n) is 12.8. The number of benzene rings is 1. The number of carbonyl (C=O) groups is 1. The minimum atomic E-state index is -0.430. The van der Waals surface area contributed by atoms with Gasteiger partial charge in [0, 0.05) is 24.7 Å². The monoisotopic (exact) mass is 326 g/mol. The molecule has 0 aromatic heterocycles. The third kappa shape index (κ3) is 5.16. The molecular formula is C16H23ClN2O3. The van der Waals surface area contributed by atoms with Gasteiger partial charge < -0.3 is 20.1 Å². The second-order valence-electron chi connectivity index (χ2n) is 5.69. The first-order valence-electron chi connectivity index (χ1n) is 7.59. The molecule has 0 radical (unpaired) electrons. The van der Waals surface area contributed by atoms with Crippen molar-refractivity contribution in [3.8, 4) is 0 Å². The zero-order valence-corrected chi connectivity index (χ0v) is 13.6. The van der Waals surface area contributed by atoms with Crippen LogP contribution in [0.2, 0.25) is 5.02 Å². The molecule has 0 unspecified atom stereocenters. The first-order valence-corrected chi connectivity index (χ1v) is 7.97. The van der Waals surface area contributed by atoms with E-state index in [0.717, 1.165) is 12.0 Å². The maximum absolute atomic E-state index is 12.0. The summed E-state index contributed by atoms with van der Waals surface area (Å²) in [6.07, 6.45) is 0.405. The molecule has 1 aromatic rings. The van der Waals surface area contributed by atoms with E-state index in [9.17, 15) is 9.90 Å². The van der Waals surface area contributed by atoms with E-state index < -0.39 is 6.10 Å². The number of rotatable bonds is 5. The van der Waals surface area contributed by atoms with Gasteiger partial charge in [0.05, 0.1) is 19.3 Å². The number of ether oxygens (including phenoxy) is 1. The highest BCUT2D eigenvalue weighted by molar-refractivity contribution is 6.30. The third-order valence-corrected chi connectivity index (χ3v) is 4.16. The van der Waals surface area contributed by atoms with Crippen LogP contribution >= 0.6 is 11.6 Å². The number of hydrogen-bond acceptors (Lipinski definition) is 3. The van der Waals surface area contributed by atoms with Gasteiger partial charge in [-0.1, -0.05) is 30.7 Å². The molecule has 0 bridgehead atoms. The lowest BCUT2D eigenvalue weighted by atomic mass is 9.96. The van der Waals surface area contributed by atoms with Gasteiger partial charge in [-0.05, 0) is 30.0 Å². The maximum Gasteiger partial charge on any atom is 0.317 e. The summed E-state index contributed by atoms with van der Waals surface area (Å²) in [7, 11) is 0. The van der Waals surface area contributed by atoms with Crippen LogP contribution in [0.5, 0.6) is 0 Å². The Hall–Kier alpha value is -1.30. The Labute approximate surface area is 136 Å². The van der Waals surface area contributed by atoms with Crippen molar-refractivity contribution in [3.05, 3.63) is 34.9 Å². The van der Waals surface area contributed by atoms with Crippen molar-refractivity contribution in [2.75, 3.05) is 26.2 Å². The summed E-state index contributed by atoms with van der Waals surface area (Å²) >= 11 is 5.81. The topological polar surface area (TPSA) is 61.8 Å². The van der Waals surface area contributed by atoms with E-state index in [1.165, 1.54) is 0 Å². The molecule has 2 rings (SSSR count). The molecule has 1 aromatic carbocycles. The predicted molar refractivity (Wildman–Crippen MR) is 85.9 cm³/mol. The van der Waals surface area contributed by atoms with Crippen LogP contribution in [0.1, 0.15) is 18.9 Å². The number of nitrogens with zero attached hydrogens (tertiary/aromatic N) is 1. The maximum atomic E-state index is 12.0. The van der Waals surface area contributed by atoms with Crippen molar-refractivity contribution >= 4 is 17.6 Å². The number of aliphatic hydroxyl groups excluding tert-OH is 1. The van der Waals surface area contributed by atoms with Crippen LogP contribution in [0.15, 0.2) is 24.3 Å². The highest BCUT2D eigenvalue weighted by Gasteiger charge is 2.26. The van der Waals surface area contributed by atoms with Gasteiger partial charge in [0.1, 0.15) is 0 Å². The Morgan fingerprint density at radius 2 is 2.18 bits per heavy atom. The van der Waals surface area contributed by atoms with E-state index in [0.29, 0.717) is 37.9 Å². The van der Waals surface area contributed by atoms with Gasteiger partial charge in [-0.25, -0.2) is 4.79 Å². The van der Waals surface area contributed by atoms with Gasteiger partial charge in [0.2, 0.25) is 0 Å². The smallest absolute Gasteiger partial charge is 0.317 e. The Balaban J connectivity index is 1.60. The van der Waals surface area contributed by atoms with E-state index in [1.807, 2.05) is 31.2 Å². The summed E-state index contributed by atoms with van der Waals surface area (Å²) in [6.45, 7) is 4.49. The van der Waals surface area contributed by atoms with E-state index >= 15 is 0 Å². The molecule has 122 valence electrons. The third-order valence-electron chi connectivity index (χ3n) is 3.91. The van der Waals surface area contributed by atoms with E-state index in [-0.39, 0.29) is 11.9 Å². The molecule has 0 saturated carbocycles. The lowest BCUT2D eigenvalue weighted by Gasteiger charge is -2.34. The molecule has 5 nitrogen and oxygen atoms in total. The molecule has 0 spiro atoms. The van der Waals surface area contributed by atoms with Crippen molar-refractivity contribution in [3.63, 3.8) is 0 Å². The fraction of sp³-hybridized carbons (Fsp3) is 0.562. The fourth-order valence-electron chi connectivity index (χ4n) is 2.35. The number of likely N-dealkylation sites (tertiary alicyclic amines) is 1. The van der Waals surface area contributed by atoms with Crippen LogP contribution < -0.4 is 5.32 Å². The van der Waals surface area contributed by atoms with Gasteiger partial charge in [-0.3, -0.25) is 0 Å². The van der Waals surface area contributed by atoms with E-state index in [4.69, 9.17) is 16.3 Å². The largest absolute Gasteiger partial charge is 0.391 e. The number of aliphatic hydroxyl groups is 1. The number of β-amino-alcohol motifs (C(OH)–C–C–N with tert-alkyl or cyclic N) is 1. The number of urea groups is 1. The minimum Gasteiger partial charge on any atom is -0.391 e. The molecule has 1 fully saturated rings. The number of amides is 2. The first-order chi connectivity index (χ1) is 10.6. The van der Waals surface area contributed by atoms with Crippen LogP contribution in [0.4, 0.5) is 4.79 Å². The molecule has 6 heteroatoms. The Morgan fingerprint density at radius 1 is 1.45 bits per heavy atom. The average Bonchev–Trinajstić information content (AvgIpc) is 2.51. The zero-order chi connectivity index (χ0) is 15.9. The number of carbonyl (C=O) groups excluding carboxylic acids is 1. The molecule has 1 aliphatic heterocycles. The molecule has 0 aliphatic carbocycles. The molecule has 1 saturated heterocycles. The van der Waals surface area contributed by atoms with Gasteiger partial charge in [-0.2, -0.15) is 0 Å². The summed E-state index contributed by atoms with van der Waals surface area (Å²) in [6, 6.07) is 7.34. The van der Waals surface area contributed by atoms with Crippen LogP contribution in [0.3, 0.4) is 0 Å². The number of hydrogen-bond donors (Lipinski definition) is 2. The second-order valence-corrected chi connectivity index (χ2v) is 6.13. The molecule has 2 amide bonds. The highest BCUT2D eigenvalue weighted by Crippen LogP contribution is 2.16. The van der Waals surface area contributed by atoms with Gasteiger partial charge in [-0.15, -0.1) is 0 Å². The molecule has 2 atom stereocenters. The minimum absolute atomic E-state index is 0.138. The van der Waals surface area contributed by atoms with Crippen LogP contribution in [-0.2, 0) is 11.3 Å². The van der Waals surface area contributed by atoms with Gasteiger partial charge in [0.25, 0.3) is 0 Å². The van der Waals surface area contributed by atoms with Crippen molar-refractivity contribution in [2.45, 2.75) is 26.1 Å². The number of piperidine rings is 1. The van der Waals surface area contributed by atoms with Crippen LogP contribution in [-0.4, -0.2) is 48.4 Å². The lowest BCUT2D eigenvalue weighted by molar-refractivity contribution is 0.0428. The Morgan fingerprint density at radius 3 is 2.86 bits per heavy atom. The van der Waals surface area contributed by atoms with Crippen molar-refractivity contribution in [2.24, 2.45) is 5.92 Å². The van der Waals surface area contributed by atoms with Crippen molar-refractivity contribution < 1.29 is 14.6 Å². The normalized spacial score (nSPS) is 21.7. The standard InChI is InChI=1S/C16H23ClN2O3/c1-12-6-8-19(10-15(12)20)16(21)18-7-9-22-11-13-2-4-14(17)5-3-13/h2-5,12,15,20H,6-11H2,1H3,(H,18,21)/t12-,15+/m0/s1. The average molecular weight is 327 g/mol. The molecular weight excluding hydrogens is 304 g/mol. The molecule has 1 heterocycles.